The summed E-state index contributed by atoms with van der Waals surface area (Å²) in [6.07, 6.45) is 0. The molecule has 9 heteroatoms. The van der Waals surface area contributed by atoms with E-state index in [1.807, 2.05) is 6.92 Å². The minimum absolute atomic E-state index is 0.200. The van der Waals surface area contributed by atoms with Crippen LogP contribution in [0.25, 0.3) is 0 Å². The first-order valence-electron chi connectivity index (χ1n) is 9.74. The molecule has 1 aliphatic rings. The molecule has 0 atom stereocenters. The summed E-state index contributed by atoms with van der Waals surface area (Å²) in [5.41, 5.74) is 1.63. The van der Waals surface area contributed by atoms with Gasteiger partial charge in [0.15, 0.2) is 0 Å². The molecule has 0 saturated carbocycles. The molecule has 3 amide bonds. The van der Waals surface area contributed by atoms with Crippen LogP contribution < -0.4 is 15.5 Å². The molecule has 0 fully saturated rings. The number of aryl methyl sites for hydroxylation is 1. The van der Waals surface area contributed by atoms with E-state index >= 15 is 0 Å². The number of para-hydroxylation sites is 1. The Morgan fingerprint density at radius 3 is 2.42 bits per heavy atom. The van der Waals surface area contributed by atoms with Crippen molar-refractivity contribution in [1.29, 1.82) is 0 Å². The van der Waals surface area contributed by atoms with Gasteiger partial charge in [0.05, 0.1) is 5.69 Å². The maximum Gasteiger partial charge on any atom is 0.283 e. The molecule has 6 nitrogen and oxygen atoms in total. The van der Waals surface area contributed by atoms with E-state index in [0.717, 1.165) is 11.6 Å². The average Bonchev–Trinajstić information content (AvgIpc) is 2.99. The van der Waals surface area contributed by atoms with E-state index in [2.05, 4.69) is 10.6 Å². The topological polar surface area (TPSA) is 78.5 Å². The van der Waals surface area contributed by atoms with Gasteiger partial charge in [0.2, 0.25) is 0 Å². The van der Waals surface area contributed by atoms with Crippen molar-refractivity contribution in [2.24, 2.45) is 0 Å². The van der Waals surface area contributed by atoms with E-state index in [1.165, 1.54) is 24.3 Å². The molecule has 0 unspecified atom stereocenters. The highest BCUT2D eigenvalue weighted by Gasteiger charge is 2.40. The predicted molar refractivity (Wildman–Crippen MR) is 126 cm³/mol. The van der Waals surface area contributed by atoms with Gasteiger partial charge in [-0.15, -0.1) is 0 Å². The Bertz CT molecular complexity index is 1340. The van der Waals surface area contributed by atoms with Gasteiger partial charge in [0.25, 0.3) is 17.7 Å². The van der Waals surface area contributed by atoms with Crippen LogP contribution in [0.15, 0.2) is 77.5 Å². The molecule has 0 aliphatic carbocycles. The molecule has 3 aromatic rings. The predicted octanol–water partition coefficient (Wildman–Crippen LogP) is 5.48. The van der Waals surface area contributed by atoms with Crippen molar-refractivity contribution in [3.63, 3.8) is 0 Å². The number of carbonyl (C=O) groups is 3. The van der Waals surface area contributed by atoms with Crippen LogP contribution in [0.3, 0.4) is 0 Å². The van der Waals surface area contributed by atoms with Crippen LogP contribution in [0.5, 0.6) is 0 Å². The summed E-state index contributed by atoms with van der Waals surface area (Å²) in [6, 6.07) is 16.8. The van der Waals surface area contributed by atoms with Crippen LogP contribution in [-0.2, 0) is 9.59 Å². The second kappa shape index (κ2) is 9.05. The molecule has 3 aromatic carbocycles. The highest BCUT2D eigenvalue weighted by molar-refractivity contribution is 6.53. The molecule has 4 rings (SSSR count). The molecule has 0 spiro atoms. The normalized spacial score (nSPS) is 13.5. The van der Waals surface area contributed by atoms with Gasteiger partial charge < -0.3 is 10.6 Å². The number of benzene rings is 3. The minimum Gasteiger partial charge on any atom is -0.350 e. The zero-order valence-electron chi connectivity index (χ0n) is 17.2. The summed E-state index contributed by atoms with van der Waals surface area (Å²) < 4.78 is 14.2. The third-order valence-electron chi connectivity index (χ3n) is 4.95. The highest BCUT2D eigenvalue weighted by Crippen LogP contribution is 2.31. The lowest BCUT2D eigenvalue weighted by atomic mass is 10.1. The smallest absolute Gasteiger partial charge is 0.283 e. The number of rotatable bonds is 5. The van der Waals surface area contributed by atoms with E-state index in [0.29, 0.717) is 26.9 Å². The zero-order chi connectivity index (χ0) is 23.7. The van der Waals surface area contributed by atoms with Gasteiger partial charge in [0, 0.05) is 22.0 Å². The fourth-order valence-electron chi connectivity index (χ4n) is 3.31. The lowest BCUT2D eigenvalue weighted by Crippen LogP contribution is -2.33. The fraction of sp³-hybridized carbons (Fsp3) is 0.0417. The number of anilines is 3. The standard InChI is InChI=1S/C24H16Cl2FN3O3/c1-13-11-15(25)9-10-18(13)29-22(31)14-5-4-6-16(12-14)28-21-20(26)23(32)30(24(21)33)19-8-3-2-7-17(19)27/h2-12,28H,1H3,(H,29,31). The number of carbonyl (C=O) groups excluding carboxylic acids is 3. The monoisotopic (exact) mass is 483 g/mol. The maximum atomic E-state index is 14.2. The fourth-order valence-corrected chi connectivity index (χ4v) is 3.75. The molecular formula is C24H16Cl2FN3O3. The first-order valence-corrected chi connectivity index (χ1v) is 10.5. The second-order valence-electron chi connectivity index (χ2n) is 7.21. The van der Waals surface area contributed by atoms with Crippen molar-refractivity contribution < 1.29 is 18.8 Å². The maximum absolute atomic E-state index is 14.2. The molecule has 0 aromatic heterocycles. The third-order valence-corrected chi connectivity index (χ3v) is 5.54. The van der Waals surface area contributed by atoms with Crippen molar-refractivity contribution in [2.75, 3.05) is 15.5 Å². The lowest BCUT2D eigenvalue weighted by Gasteiger charge is -2.15. The van der Waals surface area contributed by atoms with Crippen molar-refractivity contribution in [3.05, 3.63) is 99.4 Å². The van der Waals surface area contributed by atoms with Crippen molar-refractivity contribution in [1.82, 2.24) is 0 Å². The molecule has 0 saturated heterocycles. The van der Waals surface area contributed by atoms with Gasteiger partial charge >= 0.3 is 0 Å². The molecule has 2 N–H and O–H groups in total. The summed E-state index contributed by atoms with van der Waals surface area (Å²) >= 11 is 12.1. The molecule has 0 radical (unpaired) electrons. The second-order valence-corrected chi connectivity index (χ2v) is 8.02. The van der Waals surface area contributed by atoms with Gasteiger partial charge in [-0.2, -0.15) is 0 Å². The van der Waals surface area contributed by atoms with Gasteiger partial charge in [-0.25, -0.2) is 9.29 Å². The summed E-state index contributed by atoms with van der Waals surface area (Å²) in [6.45, 7) is 1.82. The van der Waals surface area contributed by atoms with Gasteiger partial charge in [-0.05, 0) is 61.0 Å². The van der Waals surface area contributed by atoms with Gasteiger partial charge in [0.1, 0.15) is 16.5 Å². The van der Waals surface area contributed by atoms with Crippen LogP contribution in [0, 0.1) is 12.7 Å². The number of nitrogens with one attached hydrogen (secondary N) is 2. The van der Waals surface area contributed by atoms with Crippen LogP contribution in [0.4, 0.5) is 21.5 Å². The lowest BCUT2D eigenvalue weighted by molar-refractivity contribution is -0.120. The van der Waals surface area contributed by atoms with Crippen LogP contribution in [-0.4, -0.2) is 17.7 Å². The van der Waals surface area contributed by atoms with Crippen molar-refractivity contribution in [2.45, 2.75) is 6.92 Å². The van der Waals surface area contributed by atoms with E-state index in [1.54, 1.807) is 36.4 Å². The Morgan fingerprint density at radius 2 is 1.70 bits per heavy atom. The SMILES string of the molecule is Cc1cc(Cl)ccc1NC(=O)c1cccc(NC2=C(Cl)C(=O)N(c3ccccc3F)C2=O)c1. The van der Waals surface area contributed by atoms with E-state index in [-0.39, 0.29) is 22.3 Å². The van der Waals surface area contributed by atoms with Crippen molar-refractivity contribution >= 4 is 58.0 Å². The number of hydrogen-bond donors (Lipinski definition) is 2. The van der Waals surface area contributed by atoms with E-state index < -0.39 is 17.6 Å². The molecule has 1 aliphatic heterocycles. The summed E-state index contributed by atoms with van der Waals surface area (Å²) in [7, 11) is 0. The Hall–Kier alpha value is -3.68. The largest absolute Gasteiger partial charge is 0.350 e. The number of hydrogen-bond acceptors (Lipinski definition) is 4. The number of halogens is 3. The van der Waals surface area contributed by atoms with Crippen LogP contribution >= 0.6 is 23.2 Å². The van der Waals surface area contributed by atoms with Gasteiger partial charge in [-0.3, -0.25) is 14.4 Å². The highest BCUT2D eigenvalue weighted by atomic mass is 35.5. The minimum atomic E-state index is -0.846. The number of amides is 3. The van der Waals surface area contributed by atoms with Crippen molar-refractivity contribution in [3.8, 4) is 0 Å². The van der Waals surface area contributed by atoms with E-state index in [9.17, 15) is 18.8 Å². The first kappa shape index (κ1) is 22.5. The Kier molecular flexibility index (Phi) is 6.18. The summed E-state index contributed by atoms with van der Waals surface area (Å²) in [5.74, 6) is -2.77. The summed E-state index contributed by atoms with van der Waals surface area (Å²) in [4.78, 5) is 38.8. The third kappa shape index (κ3) is 4.46. The summed E-state index contributed by atoms with van der Waals surface area (Å²) in [5, 5.41) is 5.76. The van der Waals surface area contributed by atoms with E-state index in [4.69, 9.17) is 23.2 Å². The zero-order valence-corrected chi connectivity index (χ0v) is 18.7. The molecule has 0 bridgehead atoms. The Balaban J connectivity index is 1.56. The number of imide groups is 1. The number of nitrogens with zero attached hydrogens (tertiary/aromatic N) is 1. The van der Waals surface area contributed by atoms with Crippen LogP contribution in [0.2, 0.25) is 5.02 Å². The molecule has 166 valence electrons. The van der Waals surface area contributed by atoms with Crippen LogP contribution in [0.1, 0.15) is 15.9 Å². The molecular weight excluding hydrogens is 468 g/mol. The average molecular weight is 484 g/mol. The quantitative estimate of drug-likeness (QED) is 0.471. The van der Waals surface area contributed by atoms with Gasteiger partial charge in [-0.1, -0.05) is 41.4 Å². The Morgan fingerprint density at radius 1 is 0.939 bits per heavy atom. The molecule has 33 heavy (non-hydrogen) atoms. The molecule has 1 heterocycles. The first-order chi connectivity index (χ1) is 15.8. The Labute approximate surface area is 198 Å².